The van der Waals surface area contributed by atoms with Crippen LogP contribution in [0.1, 0.15) is 104 Å². The molecule has 5 heterocycles. The molecule has 3 aromatic heterocycles. The van der Waals surface area contributed by atoms with Gasteiger partial charge in [-0.2, -0.15) is 0 Å². The Morgan fingerprint density at radius 3 is 1.10 bits per heavy atom. The molecule has 0 saturated heterocycles. The minimum Gasteiger partial charge on any atom is -0.493 e. The molecule has 314 valence electrons. The van der Waals surface area contributed by atoms with Gasteiger partial charge < -0.3 is 28.9 Å². The van der Waals surface area contributed by atoms with Crippen molar-refractivity contribution in [3.63, 3.8) is 0 Å². The second kappa shape index (κ2) is 19.5. The number of hydrogen-bond acceptors (Lipinski definition) is 6. The third kappa shape index (κ3) is 11.3. The zero-order valence-electron chi connectivity index (χ0n) is 36.7. The van der Waals surface area contributed by atoms with E-state index in [4.69, 9.17) is 28.9 Å². The van der Waals surface area contributed by atoms with Gasteiger partial charge in [0.15, 0.2) is 0 Å². The Labute approximate surface area is 356 Å². The van der Waals surface area contributed by atoms with E-state index in [1.165, 1.54) is 0 Å². The molecule has 8 nitrogen and oxygen atoms in total. The van der Waals surface area contributed by atoms with Crippen LogP contribution in [0, 0.1) is 23.7 Å². The molecule has 0 unspecified atom stereocenters. The molecular weight excluding hydrogens is 745 g/mol. The van der Waals surface area contributed by atoms with Crippen LogP contribution in [0.15, 0.2) is 72.8 Å². The summed E-state index contributed by atoms with van der Waals surface area (Å²) in [5, 5.41) is 0. The second-order valence-corrected chi connectivity index (χ2v) is 17.7. The van der Waals surface area contributed by atoms with Crippen LogP contribution in [-0.4, -0.2) is 46.4 Å². The summed E-state index contributed by atoms with van der Waals surface area (Å²) in [7, 11) is 0. The van der Waals surface area contributed by atoms with Crippen molar-refractivity contribution in [2.45, 2.75) is 81.1 Å². The zero-order chi connectivity index (χ0) is 42.2. The van der Waals surface area contributed by atoms with E-state index >= 15 is 0 Å². The lowest BCUT2D eigenvalue weighted by Crippen LogP contribution is -2.04. The van der Waals surface area contributed by atoms with Crippen LogP contribution >= 0.6 is 0 Å². The molecule has 2 aromatic carbocycles. The maximum atomic E-state index is 6.42. The van der Waals surface area contributed by atoms with Crippen LogP contribution in [-0.2, 0) is 0 Å². The van der Waals surface area contributed by atoms with Crippen LogP contribution in [0.4, 0.5) is 0 Å². The second-order valence-electron chi connectivity index (χ2n) is 17.7. The van der Waals surface area contributed by atoms with E-state index in [2.05, 4.69) is 138 Å². The highest BCUT2D eigenvalue weighted by molar-refractivity contribution is 5.96. The van der Waals surface area contributed by atoms with Crippen molar-refractivity contribution in [2.75, 3.05) is 26.4 Å². The van der Waals surface area contributed by atoms with Crippen LogP contribution in [0.2, 0.25) is 0 Å². The summed E-state index contributed by atoms with van der Waals surface area (Å²) < 4.78 is 25.7. The molecule has 8 heteroatoms. The molecule has 0 radical (unpaired) electrons. The van der Waals surface area contributed by atoms with Gasteiger partial charge in [-0.25, -0.2) is 9.97 Å². The highest BCUT2D eigenvalue weighted by Gasteiger charge is 2.19. The average Bonchev–Trinajstić information content (AvgIpc) is 4.02. The van der Waals surface area contributed by atoms with Gasteiger partial charge in [0.1, 0.15) is 23.0 Å². The van der Waals surface area contributed by atoms with Crippen molar-refractivity contribution in [3.05, 3.63) is 95.6 Å². The summed E-state index contributed by atoms with van der Waals surface area (Å²) in [5.41, 5.74) is 10.9. The van der Waals surface area contributed by atoms with Gasteiger partial charge in [-0.15, -0.1) is 0 Å². The fraction of sp³-hybridized carbons (Fsp3) is 0.385. The molecule has 5 aromatic rings. The fourth-order valence-electron chi connectivity index (χ4n) is 7.10. The van der Waals surface area contributed by atoms with Gasteiger partial charge in [0.05, 0.1) is 49.2 Å². The average molecular weight is 807 g/mol. The molecule has 2 N–H and O–H groups in total. The molecule has 0 fully saturated rings. The largest absolute Gasteiger partial charge is 0.493 e. The number of aromatic nitrogens is 4. The van der Waals surface area contributed by atoms with E-state index in [1.807, 2.05) is 24.3 Å². The summed E-state index contributed by atoms with van der Waals surface area (Å²) in [6.07, 6.45) is 12.1. The molecule has 0 amide bonds. The third-order valence-corrected chi connectivity index (χ3v) is 10.6. The molecule has 0 atom stereocenters. The first-order valence-corrected chi connectivity index (χ1v) is 21.9. The highest BCUT2D eigenvalue weighted by Crippen LogP contribution is 2.39. The normalized spacial score (nSPS) is 12.3. The van der Waals surface area contributed by atoms with Crippen LogP contribution in [0.5, 0.6) is 23.0 Å². The summed E-state index contributed by atoms with van der Waals surface area (Å²) >= 11 is 0. The quantitative estimate of drug-likeness (QED) is 0.0897. The van der Waals surface area contributed by atoms with E-state index in [-0.39, 0.29) is 0 Å². The predicted molar refractivity (Wildman–Crippen MR) is 250 cm³/mol. The smallest absolute Gasteiger partial charge is 0.123 e. The Kier molecular flexibility index (Phi) is 13.8. The van der Waals surface area contributed by atoms with Gasteiger partial charge in [-0.05, 0) is 145 Å². The Balaban J connectivity index is 1.47. The van der Waals surface area contributed by atoms with Crippen molar-refractivity contribution in [2.24, 2.45) is 23.7 Å². The standard InChI is InChI=1S/C52H62N4O4/c1-33(2)17-21-57-43-25-37(26-44(31-43)58-22-18-34(3)4)51-47-13-11-41(54-47)29-39-9-10-40(53-39)30-42-12-14-48(55-42)52(50-16-15-49(51)56-50)38-27-45(59-23-19-35(5)6)32-46(28-38)60-24-20-36(7)8/h9-16,25-36,54-55H,17-24H2,1-8H3. The van der Waals surface area contributed by atoms with Gasteiger partial charge in [-0.3, -0.25) is 0 Å². The number of benzene rings is 2. The first kappa shape index (κ1) is 42.4. The molecular formula is C52H62N4O4. The third-order valence-electron chi connectivity index (χ3n) is 10.6. The number of rotatable bonds is 18. The molecule has 7 rings (SSSR count). The monoisotopic (exact) mass is 806 g/mol. The summed E-state index contributed by atoms with van der Waals surface area (Å²) in [5.74, 6) is 5.20. The molecule has 8 bridgehead atoms. The van der Waals surface area contributed by atoms with Gasteiger partial charge in [0.2, 0.25) is 0 Å². The maximum absolute atomic E-state index is 6.42. The lowest BCUT2D eigenvalue weighted by molar-refractivity contribution is 0.276. The van der Waals surface area contributed by atoms with Crippen molar-refractivity contribution in [1.82, 2.24) is 19.9 Å². The van der Waals surface area contributed by atoms with E-state index in [0.29, 0.717) is 50.1 Å². The SMILES string of the molecule is CC(C)CCOc1cc(OCCC(C)C)cc(-c2c3nc(c(-c4cc(OCCC(C)C)cc(OCCC(C)C)c4)c4ccc(cc5nc(cc6ccc2[nH]6)C=C5)[nH]4)C=C3)c1. The van der Waals surface area contributed by atoms with Crippen molar-refractivity contribution in [3.8, 4) is 45.3 Å². The number of nitrogens with zero attached hydrogens (tertiary/aromatic N) is 2. The number of fused-ring (bicyclic) bond motifs is 8. The fourth-order valence-corrected chi connectivity index (χ4v) is 7.10. The van der Waals surface area contributed by atoms with Gasteiger partial charge in [0.25, 0.3) is 0 Å². The van der Waals surface area contributed by atoms with Crippen molar-refractivity contribution in [1.29, 1.82) is 0 Å². The summed E-state index contributed by atoms with van der Waals surface area (Å²) in [4.78, 5) is 17.8. The minimum atomic E-state index is 0.528. The number of H-pyrrole nitrogens is 2. The number of aromatic amines is 2. The molecule has 0 spiro atoms. The molecule has 2 aliphatic heterocycles. The van der Waals surface area contributed by atoms with Gasteiger partial charge in [0, 0.05) is 45.3 Å². The minimum absolute atomic E-state index is 0.528. The highest BCUT2D eigenvalue weighted by atomic mass is 16.5. The zero-order valence-corrected chi connectivity index (χ0v) is 36.7. The molecule has 0 aliphatic carbocycles. The Morgan fingerprint density at radius 1 is 0.417 bits per heavy atom. The predicted octanol–water partition coefficient (Wildman–Crippen LogP) is 13.7. The van der Waals surface area contributed by atoms with E-state index in [9.17, 15) is 0 Å². The van der Waals surface area contributed by atoms with Gasteiger partial charge in [-0.1, -0.05) is 55.4 Å². The Hall–Kier alpha value is -5.76. The number of nitrogens with one attached hydrogen (secondary N) is 2. The van der Waals surface area contributed by atoms with Crippen LogP contribution < -0.4 is 18.9 Å². The Bertz CT molecular complexity index is 2250. The lowest BCUT2D eigenvalue weighted by Gasteiger charge is -2.15. The first-order valence-electron chi connectivity index (χ1n) is 21.9. The van der Waals surface area contributed by atoms with Crippen LogP contribution in [0.3, 0.4) is 0 Å². The van der Waals surface area contributed by atoms with E-state index in [0.717, 1.165) is 116 Å². The summed E-state index contributed by atoms with van der Waals surface area (Å²) in [6, 6.07) is 25.1. The van der Waals surface area contributed by atoms with E-state index < -0.39 is 0 Å². The van der Waals surface area contributed by atoms with Crippen molar-refractivity contribution < 1.29 is 18.9 Å². The lowest BCUT2D eigenvalue weighted by atomic mass is 10.0. The first-order chi connectivity index (χ1) is 28.9. The van der Waals surface area contributed by atoms with Crippen molar-refractivity contribution >= 4 is 46.4 Å². The molecule has 0 saturated carbocycles. The Morgan fingerprint density at radius 2 is 0.767 bits per heavy atom. The van der Waals surface area contributed by atoms with E-state index in [1.54, 1.807) is 0 Å². The molecule has 2 aliphatic rings. The maximum Gasteiger partial charge on any atom is 0.123 e. The van der Waals surface area contributed by atoms with Crippen LogP contribution in [0.25, 0.3) is 68.6 Å². The summed E-state index contributed by atoms with van der Waals surface area (Å²) in [6.45, 7) is 20.2. The topological polar surface area (TPSA) is 94.3 Å². The molecule has 60 heavy (non-hydrogen) atoms. The van der Waals surface area contributed by atoms with Gasteiger partial charge >= 0.3 is 0 Å². The number of hydrogen-bond donors (Lipinski definition) is 2. The number of ether oxygens (including phenoxy) is 4.